The Hall–Kier alpha value is -5.32. The van der Waals surface area contributed by atoms with Gasteiger partial charge in [0.1, 0.15) is 19.3 Å². The summed E-state index contributed by atoms with van der Waals surface area (Å²) in [5.74, 6) is -2.31. The van der Waals surface area contributed by atoms with Crippen LogP contribution in [0.4, 0.5) is 0 Å². The first-order valence-electron chi connectivity index (χ1n) is 39.7. The lowest BCUT2D eigenvalue weighted by atomic mass is 10.1. The molecule has 0 aliphatic carbocycles. The Kier molecular flexibility index (Phi) is 72.0. The minimum atomic E-state index is -5.00. The molecule has 0 aromatic carbocycles. The summed E-state index contributed by atoms with van der Waals surface area (Å²) in [4.78, 5) is 73.0. The average molecular weight is 1500 g/mol. The second-order valence-electron chi connectivity index (χ2n) is 25.9. The fourth-order valence-electron chi connectivity index (χ4n) is 10.0. The molecule has 0 fully saturated rings. The first kappa shape index (κ1) is 98.7. The zero-order valence-electron chi connectivity index (χ0n) is 64.6. The van der Waals surface area contributed by atoms with Gasteiger partial charge < -0.3 is 33.8 Å². The van der Waals surface area contributed by atoms with Crippen LogP contribution in [0.3, 0.4) is 0 Å². The lowest BCUT2D eigenvalue weighted by Gasteiger charge is -2.21. The van der Waals surface area contributed by atoms with Crippen LogP contribution in [0.1, 0.15) is 297 Å². The molecule has 104 heavy (non-hydrogen) atoms. The summed E-state index contributed by atoms with van der Waals surface area (Å²) in [6, 6.07) is 0. The second-order valence-corrected chi connectivity index (χ2v) is 28.8. The van der Waals surface area contributed by atoms with Crippen molar-refractivity contribution in [1.82, 2.24) is 0 Å². The molecular weight excluding hydrogens is 1350 g/mol. The van der Waals surface area contributed by atoms with Crippen LogP contribution < -0.4 is 0 Å². The number of ether oxygens (including phenoxy) is 4. The second kappa shape index (κ2) is 75.9. The van der Waals surface area contributed by atoms with Gasteiger partial charge in [-0.1, -0.05) is 282 Å². The summed E-state index contributed by atoms with van der Waals surface area (Å²) in [7, 11) is -9.99. The largest absolute Gasteiger partial charge is 0.472 e. The molecule has 592 valence electrons. The third kappa shape index (κ3) is 74.9. The van der Waals surface area contributed by atoms with E-state index in [1.54, 1.807) is 0 Å². The molecule has 5 atom stereocenters. The van der Waals surface area contributed by atoms with Crippen LogP contribution >= 0.6 is 15.6 Å². The van der Waals surface area contributed by atoms with E-state index in [0.29, 0.717) is 32.1 Å². The molecule has 0 bridgehead atoms. The monoisotopic (exact) mass is 1490 g/mol. The fourth-order valence-corrected chi connectivity index (χ4v) is 11.6. The molecule has 19 heteroatoms. The van der Waals surface area contributed by atoms with E-state index in [-0.39, 0.29) is 25.7 Å². The number of esters is 4. The maximum absolute atomic E-state index is 13.1. The van der Waals surface area contributed by atoms with Gasteiger partial charge in [-0.2, -0.15) is 0 Å². The topological polar surface area (TPSA) is 237 Å². The van der Waals surface area contributed by atoms with Crippen molar-refractivity contribution in [3.05, 3.63) is 158 Å². The molecule has 0 aliphatic heterocycles. The molecule has 0 spiro atoms. The highest BCUT2D eigenvalue weighted by Gasteiger charge is 2.30. The van der Waals surface area contributed by atoms with Crippen LogP contribution in [0, 0.1) is 0 Å². The van der Waals surface area contributed by atoms with Crippen LogP contribution in [-0.2, 0) is 65.4 Å². The Morgan fingerprint density at radius 1 is 0.279 bits per heavy atom. The lowest BCUT2D eigenvalue weighted by Crippen LogP contribution is -2.30. The smallest absolute Gasteiger partial charge is 0.462 e. The van der Waals surface area contributed by atoms with Crippen LogP contribution in [-0.4, -0.2) is 96.7 Å². The predicted molar refractivity (Wildman–Crippen MR) is 427 cm³/mol. The third-order valence-electron chi connectivity index (χ3n) is 16.0. The first-order chi connectivity index (χ1) is 50.7. The molecule has 17 nitrogen and oxygen atoms in total. The molecule has 0 heterocycles. The fraction of sp³-hybridized carbons (Fsp3) is 0.647. The number of phosphoric ester groups is 2. The van der Waals surface area contributed by atoms with E-state index in [1.807, 2.05) is 18.2 Å². The highest BCUT2D eigenvalue weighted by Crippen LogP contribution is 2.45. The Labute approximate surface area is 629 Å². The minimum absolute atomic E-state index is 0.0305. The number of hydrogen-bond donors (Lipinski definition) is 3. The lowest BCUT2D eigenvalue weighted by molar-refractivity contribution is -0.161. The van der Waals surface area contributed by atoms with Crippen molar-refractivity contribution >= 4 is 39.5 Å². The van der Waals surface area contributed by atoms with Gasteiger partial charge >= 0.3 is 39.5 Å². The van der Waals surface area contributed by atoms with Gasteiger partial charge in [-0.25, -0.2) is 9.13 Å². The van der Waals surface area contributed by atoms with Crippen molar-refractivity contribution in [3.63, 3.8) is 0 Å². The van der Waals surface area contributed by atoms with E-state index in [1.165, 1.54) is 12.8 Å². The van der Waals surface area contributed by atoms with Crippen molar-refractivity contribution < 1.29 is 80.2 Å². The summed E-state index contributed by atoms with van der Waals surface area (Å²) >= 11 is 0. The van der Waals surface area contributed by atoms with Gasteiger partial charge in [0, 0.05) is 25.7 Å². The van der Waals surface area contributed by atoms with E-state index in [0.717, 1.165) is 199 Å². The maximum atomic E-state index is 13.1. The van der Waals surface area contributed by atoms with Gasteiger partial charge in [0.05, 0.1) is 26.4 Å². The number of unbranched alkanes of at least 4 members (excludes halogenated alkanes) is 21. The predicted octanol–water partition coefficient (Wildman–Crippen LogP) is 23.2. The van der Waals surface area contributed by atoms with E-state index in [2.05, 4.69) is 167 Å². The van der Waals surface area contributed by atoms with Crippen molar-refractivity contribution in [2.75, 3.05) is 39.6 Å². The number of phosphoric acid groups is 2. The SMILES string of the molecule is CC/C=C\C/C=C\C/C=C\C/C=C\C/C=C\C/C=C\CCC(=O)OCC(COP(=O)(O)OCC(O)COP(=O)(O)OCC(COC(=O)CCCCCCCCC/C=C\C/C=C\C/C=C\CC)OC(=O)CCCCCCCCC/C=C\C/C=C\C/C=C\CC)OC(=O)CCCCCCC/C=C\CCCC. The summed E-state index contributed by atoms with van der Waals surface area (Å²) in [5, 5.41) is 10.6. The highest BCUT2D eigenvalue weighted by molar-refractivity contribution is 7.47. The van der Waals surface area contributed by atoms with Crippen molar-refractivity contribution in [2.24, 2.45) is 0 Å². The molecule has 0 aromatic heterocycles. The zero-order chi connectivity index (χ0) is 76.0. The summed E-state index contributed by atoms with van der Waals surface area (Å²) < 4.78 is 68.5. The van der Waals surface area contributed by atoms with Crippen molar-refractivity contribution in [1.29, 1.82) is 0 Å². The quantitative estimate of drug-likeness (QED) is 0.0169. The number of aliphatic hydroxyl groups excluding tert-OH is 1. The van der Waals surface area contributed by atoms with Gasteiger partial charge in [0.25, 0.3) is 0 Å². The summed E-state index contributed by atoms with van der Waals surface area (Å²) in [6.07, 6.45) is 88.1. The van der Waals surface area contributed by atoms with E-state index in [4.69, 9.17) is 37.0 Å². The third-order valence-corrected chi connectivity index (χ3v) is 17.9. The Morgan fingerprint density at radius 2 is 0.519 bits per heavy atom. The Balaban J connectivity index is 5.41. The molecule has 0 aromatic rings. The zero-order valence-corrected chi connectivity index (χ0v) is 66.4. The van der Waals surface area contributed by atoms with E-state index < -0.39 is 97.5 Å². The number of rotatable bonds is 73. The number of carbonyl (C=O) groups excluding carboxylic acids is 4. The molecule has 5 unspecified atom stereocenters. The van der Waals surface area contributed by atoms with Gasteiger partial charge in [-0.3, -0.25) is 37.3 Å². The molecule has 0 saturated heterocycles. The standard InChI is InChI=1S/C85H140O17P2/c1-5-9-13-17-21-25-29-32-35-38-39-42-44-47-51-54-58-62-66-70-82(87)95-75-80(101-84(89)71-67-63-59-55-49-28-24-20-16-12-8-4)77-99-103(91,92)97-73-79(86)74-98-104(93,94)100-78-81(102-85(90)72-68-64-60-56-52-48-45-41-37-34-31-27-23-19-15-11-7-3)76-96-83(88)69-65-61-57-53-50-46-43-40-36-33-30-26-22-18-14-10-6-2/h9-11,13-15,20-27,32-37,39,42,47,51,58,62,79-81,86H,5-8,12,16-19,28-31,38,40-41,43-46,48-50,52-57,59-61,63-78H2,1-4H3,(H,91,92)(H,93,94)/b13-9-,14-10-,15-11-,24-20-,25-21-,26-22-,27-23-,35-32-,36-33-,37-34-,42-39-,51-47-,62-58-. The van der Waals surface area contributed by atoms with Crippen LogP contribution in [0.25, 0.3) is 0 Å². The summed E-state index contributed by atoms with van der Waals surface area (Å²) in [5.41, 5.74) is 0. The first-order valence-corrected chi connectivity index (χ1v) is 42.7. The summed E-state index contributed by atoms with van der Waals surface area (Å²) in [6.45, 7) is 4.38. The number of carbonyl (C=O) groups is 4. The maximum Gasteiger partial charge on any atom is 0.472 e. The number of allylic oxidation sites excluding steroid dienone is 26. The average Bonchev–Trinajstić information content (AvgIpc) is 0.931. The normalized spacial score (nSPS) is 14.7. The van der Waals surface area contributed by atoms with Crippen LogP contribution in [0.5, 0.6) is 0 Å². The molecular formula is C85H140O17P2. The minimum Gasteiger partial charge on any atom is -0.462 e. The molecule has 0 aliphatic rings. The van der Waals surface area contributed by atoms with Crippen molar-refractivity contribution in [3.8, 4) is 0 Å². The molecule has 3 N–H and O–H groups in total. The molecule has 0 amide bonds. The van der Waals surface area contributed by atoms with E-state index >= 15 is 0 Å². The Morgan fingerprint density at radius 3 is 0.837 bits per heavy atom. The van der Waals surface area contributed by atoms with Crippen LogP contribution in [0.15, 0.2) is 158 Å². The molecule has 0 rings (SSSR count). The highest BCUT2D eigenvalue weighted by atomic mass is 31.2. The van der Waals surface area contributed by atoms with E-state index in [9.17, 15) is 43.2 Å². The van der Waals surface area contributed by atoms with Crippen molar-refractivity contribution in [2.45, 2.75) is 316 Å². The number of aliphatic hydroxyl groups is 1. The molecule has 0 saturated carbocycles. The van der Waals surface area contributed by atoms with Gasteiger partial charge in [-0.05, 0) is 148 Å². The Bertz CT molecular complexity index is 2590. The van der Waals surface area contributed by atoms with Gasteiger partial charge in [-0.15, -0.1) is 0 Å². The number of hydrogen-bond acceptors (Lipinski definition) is 15. The molecule has 0 radical (unpaired) electrons. The van der Waals surface area contributed by atoms with Crippen LogP contribution in [0.2, 0.25) is 0 Å². The van der Waals surface area contributed by atoms with Gasteiger partial charge in [0.2, 0.25) is 0 Å². The van der Waals surface area contributed by atoms with Gasteiger partial charge in [0.15, 0.2) is 12.2 Å².